The number of hydrogen-bond acceptors (Lipinski definition) is 4. The Hall–Kier alpha value is -4.36. The Morgan fingerprint density at radius 3 is 2.21 bits per heavy atom. The summed E-state index contributed by atoms with van der Waals surface area (Å²) in [5, 5.41) is 2.04. The Labute approximate surface area is 360 Å². The van der Waals surface area contributed by atoms with Crippen molar-refractivity contribution >= 4 is 50.8 Å². The van der Waals surface area contributed by atoms with Crippen LogP contribution in [0.4, 0.5) is 0 Å². The topological polar surface area (TPSA) is 56.7 Å². The second kappa shape index (κ2) is 17.5. The van der Waals surface area contributed by atoms with Crippen LogP contribution in [0.2, 0.25) is 17.3 Å². The zero-order valence-electron chi connectivity index (χ0n) is 35.1. The van der Waals surface area contributed by atoms with E-state index in [1.54, 1.807) is 9.96 Å². The van der Waals surface area contributed by atoms with Crippen molar-refractivity contribution in [1.29, 1.82) is 0 Å². The molecule has 0 atom stereocenters. The average molecular weight is 1000 g/mol. The van der Waals surface area contributed by atoms with Crippen LogP contribution in [0.25, 0.3) is 61.4 Å². The Bertz CT molecular complexity index is 2660. The summed E-state index contributed by atoms with van der Waals surface area (Å²) in [5.41, 5.74) is 12.8. The molecular formula is C51H54GeIrN4O-2. The summed E-state index contributed by atoms with van der Waals surface area (Å²) in [6.45, 7) is 11.0. The Balaban J connectivity index is 0.000000192. The van der Waals surface area contributed by atoms with Crippen molar-refractivity contribution in [2.75, 3.05) is 0 Å². The molecule has 4 aromatic carbocycles. The number of hydrogen-bond donors (Lipinski definition) is 0. The van der Waals surface area contributed by atoms with Crippen LogP contribution < -0.4 is 4.40 Å². The van der Waals surface area contributed by atoms with Gasteiger partial charge in [0.2, 0.25) is 5.71 Å². The number of aromatic nitrogens is 4. The molecule has 1 radical (unpaired) electrons. The number of imidazole rings is 1. The third kappa shape index (κ3) is 8.39. The van der Waals surface area contributed by atoms with E-state index in [1.807, 2.05) is 37.3 Å². The van der Waals surface area contributed by atoms with Crippen molar-refractivity contribution in [2.24, 2.45) is 5.92 Å². The molecule has 0 bridgehead atoms. The molecule has 1 aliphatic carbocycles. The fourth-order valence-electron chi connectivity index (χ4n) is 8.64. The fourth-order valence-corrected chi connectivity index (χ4v) is 12.0. The standard InChI is InChI=1S/C31H28N3O.C20H26GeN.Ir/c1-18(2)21-10-8-11-22(19(3)4)28(21)34-27-15-7-6-14-26(27)33-30(34)25-13-9-12-23-24-17-16-20(5)32-31(24)35-29(23)25;1-21(2,3)19-15-22-20(17-11-5-4-6-12-17)14-18(19)13-16-9-7-8-10-16;/h6-12,14-19H,1-5H3;4-6,11,14-16H,7-10,13H2,1-3H3;/q2*-1;. The van der Waals surface area contributed by atoms with E-state index >= 15 is 0 Å². The molecular weight excluding hydrogens is 949 g/mol. The number of rotatable bonds is 8. The number of para-hydroxylation sites is 3. The van der Waals surface area contributed by atoms with Gasteiger partial charge in [0.05, 0.1) is 22.4 Å². The van der Waals surface area contributed by atoms with Gasteiger partial charge in [0.25, 0.3) is 0 Å². The molecule has 58 heavy (non-hydrogen) atoms. The first-order valence-electron chi connectivity index (χ1n) is 20.8. The van der Waals surface area contributed by atoms with Crippen molar-refractivity contribution in [3.63, 3.8) is 0 Å². The van der Waals surface area contributed by atoms with Crippen molar-refractivity contribution < 1.29 is 24.5 Å². The predicted octanol–water partition coefficient (Wildman–Crippen LogP) is 13.2. The molecule has 0 amide bonds. The SMILES string of the molecule is Cc1ccc2c(n1)oc1c(-c3nc4ccccc4n3-c3c(C(C)C)cccc3C(C)C)[c-]ccc12.[CH3][Ge]([CH3])([CH3])[c]1cnc(-c2[c-]cccc2)cc1CC1CCCC1.[Ir]. The summed E-state index contributed by atoms with van der Waals surface area (Å²) in [6.07, 6.45) is 9.08. The van der Waals surface area contributed by atoms with Gasteiger partial charge in [-0.2, -0.15) is 0 Å². The zero-order chi connectivity index (χ0) is 39.8. The van der Waals surface area contributed by atoms with Gasteiger partial charge in [-0.15, -0.1) is 18.2 Å². The Morgan fingerprint density at radius 1 is 0.793 bits per heavy atom. The normalized spacial score (nSPS) is 13.4. The summed E-state index contributed by atoms with van der Waals surface area (Å²) < 4.78 is 10.3. The molecule has 1 saturated carbocycles. The largest absolute Gasteiger partial charge is 0 e. The van der Waals surface area contributed by atoms with Crippen LogP contribution >= 0.6 is 0 Å². The third-order valence-electron chi connectivity index (χ3n) is 11.6. The van der Waals surface area contributed by atoms with Crippen molar-refractivity contribution in [3.8, 4) is 28.3 Å². The first kappa shape index (κ1) is 41.8. The average Bonchev–Trinajstić information content (AvgIpc) is 3.95. The molecule has 0 saturated heterocycles. The van der Waals surface area contributed by atoms with Gasteiger partial charge in [-0.3, -0.25) is 4.98 Å². The smallest absolute Gasteiger partial charge is 0 e. The van der Waals surface area contributed by atoms with Crippen molar-refractivity contribution in [3.05, 3.63) is 138 Å². The first-order valence-corrected chi connectivity index (χ1v) is 28.1. The van der Waals surface area contributed by atoms with Crippen LogP contribution in [0, 0.1) is 25.0 Å². The summed E-state index contributed by atoms with van der Waals surface area (Å²) in [6, 6.07) is 40.4. The minimum atomic E-state index is -1.87. The minimum absolute atomic E-state index is 0. The number of benzene rings is 4. The van der Waals surface area contributed by atoms with Crippen molar-refractivity contribution in [2.45, 2.75) is 95.8 Å². The van der Waals surface area contributed by atoms with E-state index in [4.69, 9.17) is 14.4 Å². The van der Waals surface area contributed by atoms with Gasteiger partial charge in [0, 0.05) is 36.9 Å². The quantitative estimate of drug-likeness (QED) is 0.112. The first-order chi connectivity index (χ1) is 27.5. The monoisotopic (exact) mass is 1010 g/mol. The number of aryl methyl sites for hydroxylation is 1. The Morgan fingerprint density at radius 2 is 1.52 bits per heavy atom. The maximum absolute atomic E-state index is 6.37. The molecule has 299 valence electrons. The van der Waals surface area contributed by atoms with Gasteiger partial charge < -0.3 is 8.98 Å². The number of pyridine rings is 2. The predicted molar refractivity (Wildman–Crippen MR) is 240 cm³/mol. The van der Waals surface area contributed by atoms with E-state index < -0.39 is 13.3 Å². The van der Waals surface area contributed by atoms with Crippen molar-refractivity contribution in [1.82, 2.24) is 19.5 Å². The minimum Gasteiger partial charge on any atom is 0 e. The summed E-state index contributed by atoms with van der Waals surface area (Å²) in [5.74, 6) is 9.86. The molecule has 1 fully saturated rings. The second-order valence-electron chi connectivity index (χ2n) is 17.5. The number of nitrogens with zero attached hydrogens (tertiary/aromatic N) is 4. The molecule has 5 nitrogen and oxygen atoms in total. The molecule has 0 aliphatic heterocycles. The number of fused-ring (bicyclic) bond motifs is 4. The molecule has 0 N–H and O–H groups in total. The maximum atomic E-state index is 6.37. The van der Waals surface area contributed by atoms with E-state index in [0.717, 1.165) is 61.6 Å². The molecule has 7 heteroatoms. The van der Waals surface area contributed by atoms with E-state index in [2.05, 4.69) is 140 Å². The fraction of sp³-hybridized carbons (Fsp3) is 0.314. The molecule has 1 aliphatic rings. The zero-order valence-corrected chi connectivity index (χ0v) is 39.6. The van der Waals surface area contributed by atoms with Gasteiger partial charge >= 0.3 is 137 Å². The van der Waals surface area contributed by atoms with Crippen LogP contribution in [0.3, 0.4) is 0 Å². The van der Waals surface area contributed by atoms with Gasteiger partial charge in [-0.1, -0.05) is 69.0 Å². The van der Waals surface area contributed by atoms with Crippen LogP contribution in [-0.2, 0) is 26.5 Å². The van der Waals surface area contributed by atoms with Crippen LogP contribution in [0.15, 0.2) is 108 Å². The second-order valence-corrected chi connectivity index (χ2v) is 28.0. The third-order valence-corrected chi connectivity index (χ3v) is 15.9. The van der Waals surface area contributed by atoms with E-state index in [1.165, 1.54) is 48.9 Å². The van der Waals surface area contributed by atoms with Gasteiger partial charge in [0.1, 0.15) is 0 Å². The molecule has 8 aromatic rings. The molecule has 0 spiro atoms. The summed E-state index contributed by atoms with van der Waals surface area (Å²) in [4.78, 5) is 14.6. The molecule has 0 unspecified atom stereocenters. The Kier molecular flexibility index (Phi) is 12.6. The summed E-state index contributed by atoms with van der Waals surface area (Å²) >= 11 is -1.87. The van der Waals surface area contributed by atoms with E-state index in [0.29, 0.717) is 17.5 Å². The van der Waals surface area contributed by atoms with Gasteiger partial charge in [-0.05, 0) is 54.2 Å². The van der Waals surface area contributed by atoms with E-state index in [-0.39, 0.29) is 20.1 Å². The summed E-state index contributed by atoms with van der Waals surface area (Å²) in [7, 11) is 0. The number of furan rings is 1. The molecule has 9 rings (SSSR count). The molecule has 4 heterocycles. The van der Waals surface area contributed by atoms with Crippen LogP contribution in [0.5, 0.6) is 0 Å². The van der Waals surface area contributed by atoms with Crippen LogP contribution in [0.1, 0.15) is 87.6 Å². The van der Waals surface area contributed by atoms with Gasteiger partial charge in [-0.25, -0.2) is 4.98 Å². The van der Waals surface area contributed by atoms with Gasteiger partial charge in [0.15, 0.2) is 0 Å². The molecule has 4 aromatic heterocycles. The van der Waals surface area contributed by atoms with Crippen LogP contribution in [-0.4, -0.2) is 32.8 Å². The van der Waals surface area contributed by atoms with E-state index in [9.17, 15) is 0 Å². The maximum Gasteiger partial charge on any atom is 0 e.